The van der Waals surface area contributed by atoms with Crippen LogP contribution in [0.5, 0.6) is 0 Å². The van der Waals surface area contributed by atoms with E-state index in [1.165, 1.54) is 0 Å². The summed E-state index contributed by atoms with van der Waals surface area (Å²) in [6.07, 6.45) is 0.000175. The Morgan fingerprint density at radius 3 is 2.71 bits per heavy atom. The molecule has 2 rings (SSSR count). The molecule has 0 aliphatic carbocycles. The number of hydrogen-bond acceptors (Lipinski definition) is 5. The van der Waals surface area contributed by atoms with Gasteiger partial charge in [-0.25, -0.2) is 8.42 Å². The Labute approximate surface area is 149 Å². The number of amides is 1. The van der Waals surface area contributed by atoms with Gasteiger partial charge in [0.1, 0.15) is 6.10 Å². The minimum absolute atomic E-state index is 0. The third-order valence-corrected chi connectivity index (χ3v) is 5.03. The fourth-order valence-corrected chi connectivity index (χ4v) is 3.51. The average molecular weight is 378 g/mol. The molecule has 24 heavy (non-hydrogen) atoms. The molecule has 1 heterocycles. The first-order valence-corrected chi connectivity index (χ1v) is 9.31. The van der Waals surface area contributed by atoms with E-state index in [1.54, 1.807) is 32.0 Å². The quantitative estimate of drug-likeness (QED) is 0.698. The number of carbonyl (C=O) groups excluding carboxylic acids is 1. The normalized spacial score (nSPS) is 17.7. The molecule has 0 bridgehead atoms. The van der Waals surface area contributed by atoms with Crippen LogP contribution >= 0.6 is 12.4 Å². The summed E-state index contributed by atoms with van der Waals surface area (Å²) in [5.41, 5.74) is 1.71. The van der Waals surface area contributed by atoms with Crippen LogP contribution in [-0.2, 0) is 19.6 Å². The first kappa shape index (κ1) is 20.7. The number of anilines is 2. The number of sulfonamides is 1. The van der Waals surface area contributed by atoms with Crippen molar-refractivity contribution in [3.05, 3.63) is 23.8 Å². The highest BCUT2D eigenvalue weighted by Gasteiger charge is 2.22. The van der Waals surface area contributed by atoms with Gasteiger partial charge in [0.05, 0.1) is 18.0 Å². The minimum Gasteiger partial charge on any atom is -0.366 e. The Morgan fingerprint density at radius 2 is 2.08 bits per heavy atom. The van der Waals surface area contributed by atoms with Gasteiger partial charge in [-0.1, -0.05) is 13.0 Å². The van der Waals surface area contributed by atoms with E-state index in [-0.39, 0.29) is 24.1 Å². The zero-order valence-electron chi connectivity index (χ0n) is 13.8. The molecule has 136 valence electrons. The monoisotopic (exact) mass is 377 g/mol. The van der Waals surface area contributed by atoms with Crippen molar-refractivity contribution in [2.45, 2.75) is 26.4 Å². The second-order valence-electron chi connectivity index (χ2n) is 5.45. The molecule has 1 unspecified atom stereocenters. The van der Waals surface area contributed by atoms with Crippen molar-refractivity contribution in [2.75, 3.05) is 35.5 Å². The predicted molar refractivity (Wildman–Crippen MR) is 97.4 cm³/mol. The lowest BCUT2D eigenvalue weighted by Crippen LogP contribution is -2.45. The van der Waals surface area contributed by atoms with Crippen molar-refractivity contribution in [1.82, 2.24) is 5.32 Å². The van der Waals surface area contributed by atoms with Crippen molar-refractivity contribution in [3.63, 3.8) is 0 Å². The third-order valence-electron chi connectivity index (χ3n) is 3.55. The molecule has 1 fully saturated rings. The molecule has 1 atom stereocenters. The van der Waals surface area contributed by atoms with E-state index in [2.05, 4.69) is 15.4 Å². The number of nitrogens with one attached hydrogen (secondary N) is 3. The highest BCUT2D eigenvalue weighted by atomic mass is 35.5. The number of benzene rings is 1. The number of morpholine rings is 1. The maximum absolute atomic E-state index is 12.2. The maximum atomic E-state index is 12.2. The van der Waals surface area contributed by atoms with Crippen LogP contribution in [0.2, 0.25) is 0 Å². The molecule has 0 saturated carbocycles. The molecule has 1 aromatic rings. The molecule has 0 radical (unpaired) electrons. The van der Waals surface area contributed by atoms with Crippen molar-refractivity contribution in [2.24, 2.45) is 0 Å². The number of ether oxygens (including phenoxy) is 1. The van der Waals surface area contributed by atoms with Crippen molar-refractivity contribution in [1.29, 1.82) is 0 Å². The lowest BCUT2D eigenvalue weighted by atomic mass is 10.1. The molecule has 7 nitrogen and oxygen atoms in total. The fourth-order valence-electron chi connectivity index (χ4n) is 2.32. The molecule has 1 aliphatic heterocycles. The molecular formula is C15H24ClN3O4S. The van der Waals surface area contributed by atoms with Crippen LogP contribution in [-0.4, -0.2) is 45.9 Å². The summed E-state index contributed by atoms with van der Waals surface area (Å²) >= 11 is 0. The highest BCUT2D eigenvalue weighted by Crippen LogP contribution is 2.24. The van der Waals surface area contributed by atoms with Crippen LogP contribution < -0.4 is 15.4 Å². The Kier molecular flexibility index (Phi) is 7.95. The van der Waals surface area contributed by atoms with E-state index in [0.717, 1.165) is 6.54 Å². The Hall–Kier alpha value is -1.35. The van der Waals surface area contributed by atoms with Crippen LogP contribution in [0, 0.1) is 6.92 Å². The summed E-state index contributed by atoms with van der Waals surface area (Å²) < 4.78 is 31.8. The van der Waals surface area contributed by atoms with Gasteiger partial charge in [0.25, 0.3) is 5.91 Å². The van der Waals surface area contributed by atoms with Crippen molar-refractivity contribution < 1.29 is 17.9 Å². The maximum Gasteiger partial charge on any atom is 0.254 e. The van der Waals surface area contributed by atoms with E-state index in [4.69, 9.17) is 4.74 Å². The number of halogens is 1. The summed E-state index contributed by atoms with van der Waals surface area (Å²) in [7, 11) is -3.37. The highest BCUT2D eigenvalue weighted by molar-refractivity contribution is 7.92. The fraction of sp³-hybridized carbons (Fsp3) is 0.533. The summed E-state index contributed by atoms with van der Waals surface area (Å²) in [5, 5.41) is 5.89. The molecular weight excluding hydrogens is 354 g/mol. The molecule has 0 spiro atoms. The van der Waals surface area contributed by atoms with Gasteiger partial charge >= 0.3 is 0 Å². The lowest BCUT2D eigenvalue weighted by Gasteiger charge is -2.23. The molecule has 9 heteroatoms. The molecule has 0 aromatic heterocycles. The topological polar surface area (TPSA) is 96.5 Å². The van der Waals surface area contributed by atoms with E-state index in [1.807, 2.05) is 0 Å². The average Bonchev–Trinajstić information content (AvgIpc) is 2.52. The Bertz CT molecular complexity index is 661. The second kappa shape index (κ2) is 9.22. The number of hydrogen-bond donors (Lipinski definition) is 3. The van der Waals surface area contributed by atoms with Gasteiger partial charge in [-0.2, -0.15) is 0 Å². The van der Waals surface area contributed by atoms with Crippen LogP contribution in [0.15, 0.2) is 18.2 Å². The van der Waals surface area contributed by atoms with E-state index in [0.29, 0.717) is 36.5 Å². The third kappa shape index (κ3) is 5.62. The standard InChI is InChI=1S/C15H23N3O4S.ClH/c1-3-9-23(20,21)18-13-6-4-5-12(11(13)2)17-15(19)14-10-16-7-8-22-14;/h4-6,14,16,18H,3,7-10H2,1-2H3,(H,17,19);1H. The predicted octanol–water partition coefficient (Wildman–Crippen LogP) is 1.50. The SMILES string of the molecule is CCCS(=O)(=O)Nc1cccc(NC(=O)C2CNCCO2)c1C.Cl. The van der Waals surface area contributed by atoms with Gasteiger partial charge < -0.3 is 15.4 Å². The van der Waals surface area contributed by atoms with Crippen molar-refractivity contribution >= 4 is 39.7 Å². The van der Waals surface area contributed by atoms with E-state index < -0.39 is 16.1 Å². The first-order valence-electron chi connectivity index (χ1n) is 7.66. The van der Waals surface area contributed by atoms with Crippen molar-refractivity contribution in [3.8, 4) is 0 Å². The zero-order valence-corrected chi connectivity index (χ0v) is 15.4. The summed E-state index contributed by atoms with van der Waals surface area (Å²) in [6, 6.07) is 5.12. The van der Waals surface area contributed by atoms with Gasteiger partial charge in [-0.15, -0.1) is 12.4 Å². The Morgan fingerprint density at radius 1 is 1.38 bits per heavy atom. The van der Waals surface area contributed by atoms with Crippen LogP contribution in [0.4, 0.5) is 11.4 Å². The molecule has 3 N–H and O–H groups in total. The number of rotatable bonds is 6. The van der Waals surface area contributed by atoms with Gasteiger partial charge in [-0.05, 0) is 31.0 Å². The second-order valence-corrected chi connectivity index (χ2v) is 7.29. The molecule has 1 aromatic carbocycles. The summed E-state index contributed by atoms with van der Waals surface area (Å²) in [5.74, 6) is -0.182. The van der Waals surface area contributed by atoms with Crippen LogP contribution in [0.25, 0.3) is 0 Å². The lowest BCUT2D eigenvalue weighted by molar-refractivity contribution is -0.128. The summed E-state index contributed by atoms with van der Waals surface area (Å²) in [6.45, 7) is 5.26. The molecule has 1 amide bonds. The van der Waals surface area contributed by atoms with E-state index >= 15 is 0 Å². The number of carbonyl (C=O) groups is 1. The van der Waals surface area contributed by atoms with Gasteiger partial charge in [0.15, 0.2) is 0 Å². The minimum atomic E-state index is -3.37. The zero-order chi connectivity index (χ0) is 16.9. The summed E-state index contributed by atoms with van der Waals surface area (Å²) in [4.78, 5) is 12.2. The molecule has 1 aliphatic rings. The molecule has 1 saturated heterocycles. The van der Waals surface area contributed by atoms with Gasteiger partial charge in [0, 0.05) is 18.8 Å². The van der Waals surface area contributed by atoms with Crippen LogP contribution in [0.1, 0.15) is 18.9 Å². The van der Waals surface area contributed by atoms with E-state index in [9.17, 15) is 13.2 Å². The van der Waals surface area contributed by atoms with Crippen LogP contribution in [0.3, 0.4) is 0 Å². The largest absolute Gasteiger partial charge is 0.366 e. The smallest absolute Gasteiger partial charge is 0.254 e. The Balaban J connectivity index is 0.00000288. The van der Waals surface area contributed by atoms with Gasteiger partial charge in [0.2, 0.25) is 10.0 Å². The first-order chi connectivity index (χ1) is 10.9. The van der Waals surface area contributed by atoms with Gasteiger partial charge in [-0.3, -0.25) is 9.52 Å².